The van der Waals surface area contributed by atoms with Gasteiger partial charge in [0.2, 0.25) is 0 Å². The summed E-state index contributed by atoms with van der Waals surface area (Å²) in [5.74, 6) is 0.365. The molecule has 2 fully saturated rings. The molecule has 9 heteroatoms. The second-order valence-electron chi connectivity index (χ2n) is 8.34. The topological polar surface area (TPSA) is 91.3 Å². The fraction of sp³-hybridized carbons (Fsp3) is 0.440. The fourth-order valence-corrected chi connectivity index (χ4v) is 4.52. The smallest absolute Gasteiger partial charge is 0.322 e. The first-order valence-electron chi connectivity index (χ1n) is 11.3. The molecule has 184 valence electrons. The van der Waals surface area contributed by atoms with Gasteiger partial charge in [-0.1, -0.05) is 34.1 Å². The van der Waals surface area contributed by atoms with E-state index in [1.807, 2.05) is 30.3 Å². The summed E-state index contributed by atoms with van der Waals surface area (Å²) in [7, 11) is 1.59. The number of fused-ring (bicyclic) bond motifs is 1. The lowest BCUT2D eigenvalue weighted by molar-refractivity contribution is -0.149. The molecule has 2 aliphatic rings. The zero-order valence-corrected chi connectivity index (χ0v) is 21.1. The lowest BCUT2D eigenvalue weighted by Gasteiger charge is -2.51. The van der Waals surface area contributed by atoms with Crippen molar-refractivity contribution in [3.05, 3.63) is 59.1 Å². The van der Waals surface area contributed by atoms with Gasteiger partial charge in [-0.2, -0.15) is 0 Å². The Bertz CT molecular complexity index is 928. The minimum Gasteiger partial charge on any atom is -0.497 e. The molecule has 0 radical (unpaired) electrons. The van der Waals surface area contributed by atoms with Crippen LogP contribution in [0.3, 0.4) is 0 Å². The van der Waals surface area contributed by atoms with Crippen molar-refractivity contribution in [2.45, 2.75) is 38.0 Å². The van der Waals surface area contributed by atoms with Crippen molar-refractivity contribution < 1.29 is 24.2 Å². The molecule has 0 spiro atoms. The Hall–Kier alpha value is -2.62. The van der Waals surface area contributed by atoms with Crippen LogP contribution in [0.2, 0.25) is 0 Å². The first kappa shape index (κ1) is 26.0. The van der Waals surface area contributed by atoms with Gasteiger partial charge in [-0.05, 0) is 49.2 Å². The summed E-state index contributed by atoms with van der Waals surface area (Å²) >= 11 is 3.31. The minimum atomic E-state index is -0.356. The second kappa shape index (κ2) is 12.7. The highest BCUT2D eigenvalue weighted by molar-refractivity contribution is 9.10. The van der Waals surface area contributed by atoms with Crippen molar-refractivity contribution >= 4 is 33.6 Å². The predicted molar refractivity (Wildman–Crippen MR) is 134 cm³/mol. The monoisotopic (exact) mass is 533 g/mol. The van der Waals surface area contributed by atoms with Gasteiger partial charge in [-0.25, -0.2) is 4.79 Å². The number of hydrogen-bond acceptors (Lipinski definition) is 6. The third-order valence-electron chi connectivity index (χ3n) is 5.95. The number of hydrogen-bond donors (Lipinski definition) is 2. The normalized spacial score (nSPS) is 22.0. The molecule has 0 aliphatic carbocycles. The van der Waals surface area contributed by atoms with Crippen LogP contribution in [-0.4, -0.2) is 78.4 Å². The van der Waals surface area contributed by atoms with Crippen LogP contribution in [0.4, 0.5) is 10.5 Å². The van der Waals surface area contributed by atoms with Gasteiger partial charge in [0.25, 0.3) is 0 Å². The molecule has 0 saturated carbocycles. The van der Waals surface area contributed by atoms with Crippen molar-refractivity contribution in [2.24, 2.45) is 0 Å². The van der Waals surface area contributed by atoms with E-state index in [1.54, 1.807) is 36.3 Å². The number of nitrogens with one attached hydrogen (secondary N) is 1. The van der Waals surface area contributed by atoms with Gasteiger partial charge in [-0.15, -0.1) is 0 Å². The summed E-state index contributed by atoms with van der Waals surface area (Å²) < 4.78 is 11.7. The number of carbonyl (C=O) groups excluding carboxylic acids is 2. The standard InChI is InChI=1S/C19H27N3O5.C6H5Br/c1-13(24)27-18-7-8-22-15(9-16(22)12-23)10-21(11-18)19(25)20-14-3-5-17(26-2)6-4-14;7-6-4-2-1-3-5-6/h3-6,15-16,18,23H,7-12H2,1-2H3,(H,20,25);1-5H/t15-,16+,18?;/m1./s1. The molecule has 0 aromatic heterocycles. The zero-order valence-electron chi connectivity index (χ0n) is 19.5. The van der Waals surface area contributed by atoms with E-state index in [2.05, 4.69) is 26.1 Å². The van der Waals surface area contributed by atoms with Crippen molar-refractivity contribution in [2.75, 3.05) is 38.7 Å². The number of aliphatic hydroxyl groups excluding tert-OH is 1. The summed E-state index contributed by atoms with van der Waals surface area (Å²) in [5.41, 5.74) is 0.672. The fourth-order valence-electron chi connectivity index (χ4n) is 4.22. The number of esters is 1. The molecule has 0 bridgehead atoms. The number of methoxy groups -OCH3 is 1. The van der Waals surface area contributed by atoms with Crippen LogP contribution in [-0.2, 0) is 9.53 Å². The summed E-state index contributed by atoms with van der Waals surface area (Å²) in [6.07, 6.45) is 1.14. The van der Waals surface area contributed by atoms with E-state index < -0.39 is 0 Å². The van der Waals surface area contributed by atoms with E-state index in [1.165, 1.54) is 6.92 Å². The molecule has 34 heavy (non-hydrogen) atoms. The van der Waals surface area contributed by atoms with Crippen LogP contribution in [0.1, 0.15) is 19.8 Å². The van der Waals surface area contributed by atoms with E-state index in [0.29, 0.717) is 30.9 Å². The largest absolute Gasteiger partial charge is 0.497 e. The average Bonchev–Trinajstić information content (AvgIpc) is 2.80. The molecular formula is C25H32BrN3O5. The maximum Gasteiger partial charge on any atom is 0.322 e. The highest BCUT2D eigenvalue weighted by Crippen LogP contribution is 2.29. The van der Waals surface area contributed by atoms with Crippen molar-refractivity contribution in [3.63, 3.8) is 0 Å². The van der Waals surface area contributed by atoms with Crippen LogP contribution in [0.25, 0.3) is 0 Å². The number of amides is 2. The van der Waals surface area contributed by atoms with Crippen LogP contribution < -0.4 is 10.1 Å². The van der Waals surface area contributed by atoms with Crippen LogP contribution >= 0.6 is 15.9 Å². The second-order valence-corrected chi connectivity index (χ2v) is 9.26. The molecule has 8 nitrogen and oxygen atoms in total. The predicted octanol–water partition coefficient (Wildman–Crippen LogP) is 3.75. The summed E-state index contributed by atoms with van der Waals surface area (Å²) in [4.78, 5) is 28.1. The highest BCUT2D eigenvalue weighted by atomic mass is 79.9. The Morgan fingerprint density at radius 3 is 2.38 bits per heavy atom. The molecule has 2 aromatic carbocycles. The maximum atomic E-state index is 12.8. The number of halogens is 1. The molecule has 4 rings (SSSR count). The van der Waals surface area contributed by atoms with Gasteiger partial charge in [0.05, 0.1) is 20.3 Å². The number of nitrogens with zero attached hydrogens (tertiary/aromatic N) is 2. The molecule has 2 saturated heterocycles. The molecule has 2 aromatic rings. The number of urea groups is 1. The highest BCUT2D eigenvalue weighted by Gasteiger charge is 2.41. The van der Waals surface area contributed by atoms with Gasteiger partial charge in [0.15, 0.2) is 0 Å². The van der Waals surface area contributed by atoms with E-state index in [9.17, 15) is 14.7 Å². The SMILES string of the molecule is Brc1ccccc1.COc1ccc(NC(=O)N2CC(OC(C)=O)CCN3[C@H](CO)C[C@@H]3C2)cc1. The van der Waals surface area contributed by atoms with Crippen molar-refractivity contribution in [1.82, 2.24) is 9.80 Å². The summed E-state index contributed by atoms with van der Waals surface area (Å²) in [6.45, 7) is 3.13. The Morgan fingerprint density at radius 2 is 1.82 bits per heavy atom. The number of aliphatic hydroxyl groups is 1. The van der Waals surface area contributed by atoms with Gasteiger partial charge < -0.3 is 24.8 Å². The summed E-state index contributed by atoms with van der Waals surface area (Å²) in [5, 5.41) is 12.4. The Balaban J connectivity index is 0.000000396. The molecule has 3 atom stereocenters. The number of anilines is 1. The van der Waals surface area contributed by atoms with Crippen LogP contribution in [0, 0.1) is 0 Å². The number of ether oxygens (including phenoxy) is 2. The van der Waals surface area contributed by atoms with Crippen molar-refractivity contribution in [1.29, 1.82) is 0 Å². The Kier molecular flexibility index (Phi) is 9.74. The third-order valence-corrected chi connectivity index (χ3v) is 6.48. The first-order chi connectivity index (χ1) is 16.4. The van der Waals surface area contributed by atoms with E-state index in [-0.39, 0.29) is 36.8 Å². The van der Waals surface area contributed by atoms with E-state index in [0.717, 1.165) is 17.4 Å². The lowest BCUT2D eigenvalue weighted by Crippen LogP contribution is -2.64. The Labute approximate surface area is 209 Å². The molecule has 2 amide bonds. The minimum absolute atomic E-state index is 0.104. The number of rotatable bonds is 4. The van der Waals surface area contributed by atoms with E-state index >= 15 is 0 Å². The third kappa shape index (κ3) is 7.44. The average molecular weight is 534 g/mol. The molecular weight excluding hydrogens is 502 g/mol. The quantitative estimate of drug-likeness (QED) is 0.581. The molecule has 2 aliphatic heterocycles. The lowest BCUT2D eigenvalue weighted by atomic mass is 9.91. The first-order valence-corrected chi connectivity index (χ1v) is 12.1. The molecule has 2 heterocycles. The zero-order chi connectivity index (χ0) is 24.5. The number of benzene rings is 2. The Morgan fingerprint density at radius 1 is 1.12 bits per heavy atom. The van der Waals surface area contributed by atoms with E-state index in [4.69, 9.17) is 9.47 Å². The molecule has 2 N–H and O–H groups in total. The summed E-state index contributed by atoms with van der Waals surface area (Å²) in [6, 6.07) is 17.2. The van der Waals surface area contributed by atoms with Crippen LogP contribution in [0.5, 0.6) is 5.75 Å². The molecule has 1 unspecified atom stereocenters. The van der Waals surface area contributed by atoms with Crippen molar-refractivity contribution in [3.8, 4) is 5.75 Å². The van der Waals surface area contributed by atoms with Gasteiger partial charge in [0.1, 0.15) is 11.9 Å². The van der Waals surface area contributed by atoms with Gasteiger partial charge >= 0.3 is 12.0 Å². The maximum absolute atomic E-state index is 12.8. The van der Waals surface area contributed by atoms with Gasteiger partial charge in [-0.3, -0.25) is 9.69 Å². The van der Waals surface area contributed by atoms with Crippen LogP contribution in [0.15, 0.2) is 59.1 Å². The number of carbonyl (C=O) groups is 2. The van der Waals surface area contributed by atoms with Gasteiger partial charge in [0, 0.05) is 42.3 Å².